The molecule has 1 aliphatic rings. The van der Waals surface area contributed by atoms with Gasteiger partial charge in [0.2, 0.25) is 6.79 Å². The second kappa shape index (κ2) is 16.3. The molecule has 1 aliphatic heterocycles. The van der Waals surface area contributed by atoms with Gasteiger partial charge in [-0.2, -0.15) is 11.3 Å². The Morgan fingerprint density at radius 3 is 2.27 bits per heavy atom. The SMILES string of the molecule is C[N+](CCOC(=O)OCOC(=O)CCC[N+]1(Cc2ccsc2)CCCCC1)(Cc1ccccc1)Cc1ccc([N+](=O)[O-])cc1. The minimum absolute atomic E-state index is 0.0409. The molecule has 0 amide bonds. The summed E-state index contributed by atoms with van der Waals surface area (Å²) < 4.78 is 17.0. The molecule has 1 saturated heterocycles. The van der Waals surface area contributed by atoms with E-state index in [9.17, 15) is 19.7 Å². The third kappa shape index (κ3) is 10.7. The van der Waals surface area contributed by atoms with Crippen LogP contribution in [-0.4, -0.2) is 72.6 Å². The lowest BCUT2D eigenvalue weighted by atomic mass is 10.0. The predicted octanol–water partition coefficient (Wildman–Crippen LogP) is 6.44. The molecular formula is C33H43N3O7S+2. The topological polar surface area (TPSA) is 105 Å². The van der Waals surface area contributed by atoms with Crippen molar-refractivity contribution in [3.05, 3.63) is 98.2 Å². The van der Waals surface area contributed by atoms with E-state index in [-0.39, 0.29) is 18.7 Å². The second-order valence-corrected chi connectivity index (χ2v) is 12.7. The maximum absolute atomic E-state index is 12.3. The molecular weight excluding hydrogens is 582 g/mol. The summed E-state index contributed by atoms with van der Waals surface area (Å²) >= 11 is 1.72. The standard InChI is InChI=1S/C33H43N3O7S/c1-35(23-28-9-4-2-5-10-28,24-29-12-14-31(15-13-29)34(39)40)20-21-41-33(38)43-27-42-32(37)11-8-19-36(17-6-3-7-18-36)25-30-16-22-44-26-30/h2,4-5,9-10,12-16,22,26H,3,6-8,11,17-21,23-25,27H2,1H3/q+2. The van der Waals surface area contributed by atoms with Crippen LogP contribution in [0, 0.1) is 10.1 Å². The van der Waals surface area contributed by atoms with Crippen LogP contribution in [0.2, 0.25) is 0 Å². The summed E-state index contributed by atoms with van der Waals surface area (Å²) in [5.41, 5.74) is 3.45. The molecule has 3 aromatic rings. The first kappa shape index (κ1) is 33.1. The predicted molar refractivity (Wildman–Crippen MR) is 167 cm³/mol. The Kier molecular flexibility index (Phi) is 12.3. The van der Waals surface area contributed by atoms with Crippen LogP contribution in [0.3, 0.4) is 0 Å². The van der Waals surface area contributed by atoms with Crippen molar-refractivity contribution in [2.45, 2.75) is 51.7 Å². The highest BCUT2D eigenvalue weighted by atomic mass is 32.1. The Morgan fingerprint density at radius 2 is 1.61 bits per heavy atom. The van der Waals surface area contributed by atoms with Crippen LogP contribution in [-0.2, 0) is 38.6 Å². The summed E-state index contributed by atoms with van der Waals surface area (Å²) in [6.07, 6.45) is 3.80. The first-order chi connectivity index (χ1) is 21.2. The van der Waals surface area contributed by atoms with Crippen LogP contribution in [0.4, 0.5) is 10.5 Å². The van der Waals surface area contributed by atoms with Gasteiger partial charge in [-0.3, -0.25) is 14.9 Å². The Balaban J connectivity index is 1.18. The molecule has 10 nitrogen and oxygen atoms in total. The van der Waals surface area contributed by atoms with Gasteiger partial charge in [-0.25, -0.2) is 4.79 Å². The summed E-state index contributed by atoms with van der Waals surface area (Å²) in [5, 5.41) is 15.4. The first-order valence-corrected chi connectivity index (χ1v) is 16.1. The molecule has 1 atom stereocenters. The van der Waals surface area contributed by atoms with Gasteiger partial charge in [-0.15, -0.1) is 0 Å². The molecule has 2 aromatic carbocycles. The number of hydrogen-bond acceptors (Lipinski definition) is 8. The monoisotopic (exact) mass is 625 g/mol. The fourth-order valence-corrected chi connectivity index (χ4v) is 6.64. The van der Waals surface area contributed by atoms with Gasteiger partial charge in [0.15, 0.2) is 0 Å². The van der Waals surface area contributed by atoms with Gasteiger partial charge in [-0.05, 0) is 48.2 Å². The average molecular weight is 626 g/mol. The average Bonchev–Trinajstić information content (AvgIpc) is 3.51. The molecule has 4 rings (SSSR count). The van der Waals surface area contributed by atoms with E-state index < -0.39 is 23.8 Å². The smallest absolute Gasteiger partial charge is 0.428 e. The van der Waals surface area contributed by atoms with Crippen LogP contribution in [0.15, 0.2) is 71.4 Å². The Morgan fingerprint density at radius 1 is 0.909 bits per heavy atom. The van der Waals surface area contributed by atoms with E-state index in [1.165, 1.54) is 37.0 Å². The molecule has 0 bridgehead atoms. The van der Waals surface area contributed by atoms with E-state index >= 15 is 0 Å². The molecule has 236 valence electrons. The lowest BCUT2D eigenvalue weighted by Crippen LogP contribution is -2.51. The van der Waals surface area contributed by atoms with Gasteiger partial charge in [-0.1, -0.05) is 30.3 Å². The fraction of sp³-hybridized carbons (Fsp3) is 0.455. The number of non-ortho nitro benzene ring substituents is 1. The summed E-state index contributed by atoms with van der Waals surface area (Å²) in [7, 11) is 2.04. The van der Waals surface area contributed by atoms with Crippen molar-refractivity contribution in [2.24, 2.45) is 0 Å². The Hall–Kier alpha value is -3.80. The van der Waals surface area contributed by atoms with Crippen LogP contribution in [0.5, 0.6) is 0 Å². The molecule has 2 heterocycles. The molecule has 1 aromatic heterocycles. The van der Waals surface area contributed by atoms with Crippen molar-refractivity contribution < 1.29 is 37.7 Å². The molecule has 1 fully saturated rings. The van der Waals surface area contributed by atoms with E-state index in [4.69, 9.17) is 14.2 Å². The minimum Gasteiger partial charge on any atom is -0.428 e. The number of nitro benzene ring substituents is 1. The lowest BCUT2D eigenvalue weighted by Gasteiger charge is -2.41. The molecule has 0 spiro atoms. The van der Waals surface area contributed by atoms with E-state index in [1.54, 1.807) is 23.5 Å². The highest BCUT2D eigenvalue weighted by Crippen LogP contribution is 2.25. The number of likely N-dealkylation sites (tertiary alicyclic amines) is 1. The zero-order valence-corrected chi connectivity index (χ0v) is 26.3. The number of nitrogens with zero attached hydrogens (tertiary/aromatic N) is 3. The van der Waals surface area contributed by atoms with Gasteiger partial charge in [0, 0.05) is 35.2 Å². The van der Waals surface area contributed by atoms with Crippen LogP contribution < -0.4 is 0 Å². The zero-order valence-electron chi connectivity index (χ0n) is 25.4. The molecule has 0 N–H and O–H groups in total. The molecule has 44 heavy (non-hydrogen) atoms. The largest absolute Gasteiger partial charge is 0.511 e. The summed E-state index contributed by atoms with van der Waals surface area (Å²) in [6.45, 7) is 5.54. The van der Waals surface area contributed by atoms with Gasteiger partial charge in [0.1, 0.15) is 32.8 Å². The van der Waals surface area contributed by atoms with Crippen molar-refractivity contribution in [1.82, 2.24) is 0 Å². The Labute approximate surface area is 263 Å². The van der Waals surface area contributed by atoms with Crippen molar-refractivity contribution in [3.8, 4) is 0 Å². The maximum Gasteiger partial charge on any atom is 0.511 e. The van der Waals surface area contributed by atoms with Gasteiger partial charge < -0.3 is 23.2 Å². The summed E-state index contributed by atoms with van der Waals surface area (Å²) in [5.74, 6) is -0.390. The molecule has 0 radical (unpaired) electrons. The van der Waals surface area contributed by atoms with Crippen molar-refractivity contribution in [1.29, 1.82) is 0 Å². The van der Waals surface area contributed by atoms with Crippen LogP contribution >= 0.6 is 11.3 Å². The van der Waals surface area contributed by atoms with Gasteiger partial charge in [0.05, 0.1) is 38.0 Å². The summed E-state index contributed by atoms with van der Waals surface area (Å²) in [4.78, 5) is 35.2. The number of ether oxygens (including phenoxy) is 3. The zero-order chi connectivity index (χ0) is 31.3. The number of likely N-dealkylation sites (N-methyl/N-ethyl adjacent to an activating group) is 1. The normalized spacial score (nSPS) is 15.6. The minimum atomic E-state index is -0.895. The van der Waals surface area contributed by atoms with Crippen molar-refractivity contribution in [2.75, 3.05) is 46.6 Å². The number of rotatable bonds is 16. The number of piperidine rings is 1. The highest BCUT2D eigenvalue weighted by Gasteiger charge is 2.30. The lowest BCUT2D eigenvalue weighted by molar-refractivity contribution is -0.945. The van der Waals surface area contributed by atoms with Crippen molar-refractivity contribution >= 4 is 29.1 Å². The van der Waals surface area contributed by atoms with E-state index in [0.717, 1.165) is 48.2 Å². The number of benzene rings is 2. The number of quaternary nitrogens is 2. The summed E-state index contributed by atoms with van der Waals surface area (Å²) in [6, 6.07) is 18.6. The van der Waals surface area contributed by atoms with Crippen LogP contribution in [0.1, 0.15) is 48.8 Å². The van der Waals surface area contributed by atoms with Crippen LogP contribution in [0.25, 0.3) is 0 Å². The third-order valence-electron chi connectivity index (χ3n) is 8.24. The molecule has 0 saturated carbocycles. The van der Waals surface area contributed by atoms with Gasteiger partial charge in [0.25, 0.3) is 5.69 Å². The highest BCUT2D eigenvalue weighted by molar-refractivity contribution is 7.07. The van der Waals surface area contributed by atoms with Gasteiger partial charge >= 0.3 is 12.1 Å². The molecule has 1 unspecified atom stereocenters. The number of esters is 1. The van der Waals surface area contributed by atoms with E-state index in [1.807, 2.05) is 37.4 Å². The Bertz CT molecular complexity index is 1330. The number of nitro groups is 1. The second-order valence-electron chi connectivity index (χ2n) is 11.9. The maximum atomic E-state index is 12.3. The first-order valence-electron chi connectivity index (χ1n) is 15.2. The van der Waals surface area contributed by atoms with E-state index in [2.05, 4.69) is 16.8 Å². The molecule has 11 heteroatoms. The fourth-order valence-electron chi connectivity index (χ4n) is 5.98. The number of hydrogen-bond donors (Lipinski definition) is 0. The number of thiophene rings is 1. The quantitative estimate of drug-likeness (QED) is 0.0593. The van der Waals surface area contributed by atoms with E-state index in [0.29, 0.717) is 24.1 Å². The third-order valence-corrected chi connectivity index (χ3v) is 8.97. The molecule has 0 aliphatic carbocycles. The number of carbonyl (C=O) groups excluding carboxylic acids is 2. The van der Waals surface area contributed by atoms with Crippen molar-refractivity contribution in [3.63, 3.8) is 0 Å². The number of carbonyl (C=O) groups is 2.